The Bertz CT molecular complexity index is 208. The fourth-order valence-corrected chi connectivity index (χ4v) is 3.16. The maximum Gasteiger partial charge on any atom is 0.330 e. The SMILES string of the molecule is CC=CC(=O)OCCCCCC[SiH2]C(Cl)Cl. The second-order valence-electron chi connectivity index (χ2n) is 3.62. The van der Waals surface area contributed by atoms with Gasteiger partial charge in [0.15, 0.2) is 0 Å². The van der Waals surface area contributed by atoms with E-state index in [9.17, 15) is 4.79 Å². The van der Waals surface area contributed by atoms with Crippen LogP contribution in [0, 0.1) is 0 Å². The molecule has 0 aromatic rings. The van der Waals surface area contributed by atoms with Crippen molar-refractivity contribution in [3.63, 3.8) is 0 Å². The summed E-state index contributed by atoms with van der Waals surface area (Å²) in [6, 6.07) is 1.20. The average molecular weight is 283 g/mol. The molecule has 0 bridgehead atoms. The molecular weight excluding hydrogens is 263 g/mol. The Kier molecular flexibility index (Phi) is 11.5. The number of carbonyl (C=O) groups is 1. The molecule has 0 spiro atoms. The molecule has 0 N–H and O–H groups in total. The molecule has 0 aliphatic heterocycles. The van der Waals surface area contributed by atoms with Crippen LogP contribution < -0.4 is 0 Å². The summed E-state index contributed by atoms with van der Waals surface area (Å²) < 4.78 is 4.87. The molecule has 0 rings (SSSR count). The first kappa shape index (κ1) is 16.0. The maximum atomic E-state index is 10.9. The Hall–Kier alpha value is 0.00688. The highest BCUT2D eigenvalue weighted by Crippen LogP contribution is 2.07. The molecule has 2 nitrogen and oxygen atoms in total. The van der Waals surface area contributed by atoms with Gasteiger partial charge in [-0.3, -0.25) is 0 Å². The van der Waals surface area contributed by atoms with Gasteiger partial charge in [-0.2, -0.15) is 0 Å². The van der Waals surface area contributed by atoms with Crippen LogP contribution in [0.25, 0.3) is 0 Å². The number of ether oxygens (including phenoxy) is 1. The summed E-state index contributed by atoms with van der Waals surface area (Å²) in [5, 5.41) is 0. The van der Waals surface area contributed by atoms with Crippen LogP contribution in [0.15, 0.2) is 12.2 Å². The van der Waals surface area contributed by atoms with Gasteiger partial charge in [0.05, 0.1) is 20.6 Å². The molecule has 0 unspecified atom stereocenters. The van der Waals surface area contributed by atoms with E-state index in [0.717, 1.165) is 12.8 Å². The van der Waals surface area contributed by atoms with Gasteiger partial charge in [0.25, 0.3) is 0 Å². The first-order valence-electron chi connectivity index (χ1n) is 5.74. The fraction of sp³-hybridized carbons (Fsp3) is 0.727. The summed E-state index contributed by atoms with van der Waals surface area (Å²) in [4.78, 5) is 10.9. The van der Waals surface area contributed by atoms with Gasteiger partial charge in [-0.1, -0.05) is 31.4 Å². The predicted octanol–water partition coefficient (Wildman–Crippen LogP) is 3.01. The Morgan fingerprint density at radius 2 is 2.00 bits per heavy atom. The van der Waals surface area contributed by atoms with Gasteiger partial charge in [0.2, 0.25) is 0 Å². The monoisotopic (exact) mass is 282 g/mol. The zero-order valence-electron chi connectivity index (χ0n) is 9.75. The van der Waals surface area contributed by atoms with Crippen molar-refractivity contribution in [2.45, 2.75) is 43.1 Å². The van der Waals surface area contributed by atoms with Crippen LogP contribution in [0.2, 0.25) is 6.04 Å². The highest BCUT2D eigenvalue weighted by Gasteiger charge is 1.99. The van der Waals surface area contributed by atoms with Crippen molar-refractivity contribution < 1.29 is 9.53 Å². The number of alkyl halides is 2. The molecule has 0 radical (unpaired) electrons. The highest BCUT2D eigenvalue weighted by molar-refractivity contribution is 6.68. The number of allylic oxidation sites excluding steroid dienone is 1. The minimum atomic E-state index is -0.277. The molecule has 0 saturated carbocycles. The van der Waals surface area contributed by atoms with Crippen LogP contribution in [0.5, 0.6) is 0 Å². The minimum Gasteiger partial charge on any atom is -0.463 e. The van der Waals surface area contributed by atoms with E-state index in [-0.39, 0.29) is 19.9 Å². The van der Waals surface area contributed by atoms with E-state index in [0.29, 0.717) is 6.61 Å². The van der Waals surface area contributed by atoms with Crippen molar-refractivity contribution in [3.8, 4) is 0 Å². The third-order valence-corrected chi connectivity index (χ3v) is 4.77. The second-order valence-corrected chi connectivity index (χ2v) is 8.03. The number of rotatable bonds is 9. The Balaban J connectivity index is 3.13. The van der Waals surface area contributed by atoms with E-state index in [1.165, 1.54) is 25.0 Å². The lowest BCUT2D eigenvalue weighted by atomic mass is 10.2. The van der Waals surface area contributed by atoms with E-state index >= 15 is 0 Å². The quantitative estimate of drug-likeness (QED) is 0.214. The first-order valence-corrected chi connectivity index (χ1v) is 8.43. The van der Waals surface area contributed by atoms with Crippen molar-refractivity contribution in [2.75, 3.05) is 6.61 Å². The number of halogens is 2. The third kappa shape index (κ3) is 12.1. The van der Waals surface area contributed by atoms with Gasteiger partial charge in [-0.15, -0.1) is 23.2 Å². The average Bonchev–Trinajstić information content (AvgIpc) is 2.22. The number of esters is 1. The van der Waals surface area contributed by atoms with Gasteiger partial charge >= 0.3 is 5.97 Å². The van der Waals surface area contributed by atoms with Crippen molar-refractivity contribution in [1.82, 2.24) is 0 Å². The third-order valence-electron chi connectivity index (χ3n) is 2.11. The highest BCUT2D eigenvalue weighted by atomic mass is 35.5. The number of carbonyl (C=O) groups excluding carboxylic acids is 1. The molecule has 0 aliphatic rings. The lowest BCUT2D eigenvalue weighted by molar-refractivity contribution is -0.137. The standard InChI is InChI=1S/C11H20Cl2O2Si/c1-2-7-10(14)15-8-5-3-4-6-9-16-11(12)13/h2,7,11H,3-6,8-9,16H2,1H3. The van der Waals surface area contributed by atoms with Crippen LogP contribution >= 0.6 is 23.2 Å². The first-order chi connectivity index (χ1) is 7.66. The summed E-state index contributed by atoms with van der Waals surface area (Å²) in [5.41, 5.74) is 0. The molecule has 0 heterocycles. The Labute approximate surface area is 110 Å². The second kappa shape index (κ2) is 11.5. The maximum absolute atomic E-state index is 10.9. The van der Waals surface area contributed by atoms with Gasteiger partial charge in [-0.05, 0) is 13.3 Å². The normalized spacial score (nSPS) is 12.0. The molecule has 0 amide bonds. The van der Waals surface area contributed by atoms with Gasteiger partial charge in [-0.25, -0.2) is 4.79 Å². The molecule has 5 heteroatoms. The molecule has 0 aromatic heterocycles. The van der Waals surface area contributed by atoms with Gasteiger partial charge in [0, 0.05) is 6.08 Å². The molecule has 16 heavy (non-hydrogen) atoms. The molecular formula is C11H20Cl2O2Si. The lowest BCUT2D eigenvalue weighted by Gasteiger charge is -2.02. The molecule has 0 atom stereocenters. The van der Waals surface area contributed by atoms with E-state index in [1.54, 1.807) is 13.0 Å². The smallest absolute Gasteiger partial charge is 0.330 e. The van der Waals surface area contributed by atoms with Crippen molar-refractivity contribution in [3.05, 3.63) is 12.2 Å². The Morgan fingerprint density at radius 3 is 2.62 bits per heavy atom. The largest absolute Gasteiger partial charge is 0.463 e. The van der Waals surface area contributed by atoms with Crippen LogP contribution in [0.3, 0.4) is 0 Å². The molecule has 94 valence electrons. The topological polar surface area (TPSA) is 26.3 Å². The van der Waals surface area contributed by atoms with Crippen LogP contribution in [0.1, 0.15) is 32.6 Å². The van der Waals surface area contributed by atoms with Crippen molar-refractivity contribution in [1.29, 1.82) is 0 Å². The van der Waals surface area contributed by atoms with Gasteiger partial charge < -0.3 is 4.74 Å². The Morgan fingerprint density at radius 1 is 1.31 bits per heavy atom. The number of hydrogen-bond donors (Lipinski definition) is 0. The van der Waals surface area contributed by atoms with Gasteiger partial charge in [0.1, 0.15) is 0 Å². The summed E-state index contributed by atoms with van der Waals surface area (Å²) in [7, 11) is -0.277. The van der Waals surface area contributed by atoms with Crippen molar-refractivity contribution >= 4 is 38.7 Å². The van der Waals surface area contributed by atoms with E-state index < -0.39 is 0 Å². The molecule has 0 fully saturated rings. The van der Waals surface area contributed by atoms with Crippen molar-refractivity contribution in [2.24, 2.45) is 0 Å². The molecule has 0 saturated heterocycles. The fourth-order valence-electron chi connectivity index (χ4n) is 1.29. The summed E-state index contributed by atoms with van der Waals surface area (Å²) >= 11 is 11.3. The summed E-state index contributed by atoms with van der Waals surface area (Å²) in [6.07, 6.45) is 7.54. The number of hydrogen-bond acceptors (Lipinski definition) is 2. The number of unbranched alkanes of at least 4 members (excludes halogenated alkanes) is 3. The van der Waals surface area contributed by atoms with Crippen LogP contribution in [0.4, 0.5) is 0 Å². The zero-order chi connectivity index (χ0) is 12.2. The zero-order valence-corrected chi connectivity index (χ0v) is 12.7. The molecule has 0 aromatic carbocycles. The predicted molar refractivity (Wildman–Crippen MR) is 73.1 cm³/mol. The minimum absolute atomic E-state index is 0.0956. The van der Waals surface area contributed by atoms with E-state index in [1.807, 2.05) is 0 Å². The van der Waals surface area contributed by atoms with E-state index in [2.05, 4.69) is 0 Å². The van der Waals surface area contributed by atoms with Crippen LogP contribution in [-0.2, 0) is 9.53 Å². The lowest BCUT2D eigenvalue weighted by Crippen LogP contribution is -2.02. The van der Waals surface area contributed by atoms with Crippen LogP contribution in [-0.4, -0.2) is 26.6 Å². The van der Waals surface area contributed by atoms with E-state index in [4.69, 9.17) is 27.9 Å². The molecule has 0 aliphatic carbocycles. The summed E-state index contributed by atoms with van der Waals surface area (Å²) in [5.74, 6) is -0.248. The summed E-state index contributed by atoms with van der Waals surface area (Å²) in [6.45, 7) is 2.32.